The smallest absolute Gasteiger partial charge is 0.312 e. The average Bonchev–Trinajstić information content (AvgIpc) is 2.71. The van der Waals surface area contributed by atoms with Crippen molar-refractivity contribution in [2.75, 3.05) is 11.9 Å². The molecular formula is C25H26ClNO3. The van der Waals surface area contributed by atoms with E-state index in [0.717, 1.165) is 36.8 Å². The minimum absolute atomic E-state index is 0.242. The topological polar surface area (TPSA) is 55.4 Å². The molecular weight excluding hydrogens is 398 g/mol. The van der Waals surface area contributed by atoms with Crippen LogP contribution in [0.25, 0.3) is 11.1 Å². The molecule has 30 heavy (non-hydrogen) atoms. The third-order valence-corrected chi connectivity index (χ3v) is 7.49. The van der Waals surface area contributed by atoms with Gasteiger partial charge in [-0.1, -0.05) is 48.5 Å². The quantitative estimate of drug-likeness (QED) is 0.516. The Bertz CT molecular complexity index is 959. The van der Waals surface area contributed by atoms with Gasteiger partial charge in [0.1, 0.15) is 0 Å². The summed E-state index contributed by atoms with van der Waals surface area (Å²) in [6.45, 7) is -0.270. The highest BCUT2D eigenvalue weighted by atomic mass is 35.5. The van der Waals surface area contributed by atoms with Crippen LogP contribution in [0.3, 0.4) is 0 Å². The first kappa shape index (κ1) is 19.6. The lowest BCUT2D eigenvalue weighted by atomic mass is 9.49. The van der Waals surface area contributed by atoms with Crippen molar-refractivity contribution in [1.82, 2.24) is 0 Å². The Kier molecular flexibility index (Phi) is 4.85. The SMILES string of the molecule is O=C(COC(=O)C12C[C@@H]3C[C@@H](CC(Cl)(C3)C1)C2)Nc1ccccc1-c1ccccc1. The number of hydrogen-bond acceptors (Lipinski definition) is 3. The second kappa shape index (κ2) is 7.42. The summed E-state index contributed by atoms with van der Waals surface area (Å²) in [4.78, 5) is 25.3. The number of para-hydroxylation sites is 1. The Labute approximate surface area is 182 Å². The molecule has 1 N–H and O–H groups in total. The Morgan fingerprint density at radius 1 is 0.967 bits per heavy atom. The summed E-state index contributed by atoms with van der Waals surface area (Å²) >= 11 is 6.82. The van der Waals surface area contributed by atoms with Crippen molar-refractivity contribution in [3.63, 3.8) is 0 Å². The number of nitrogens with one attached hydrogen (secondary N) is 1. The van der Waals surface area contributed by atoms with Crippen LogP contribution in [0.15, 0.2) is 54.6 Å². The average molecular weight is 424 g/mol. The number of carbonyl (C=O) groups is 2. The summed E-state index contributed by atoms with van der Waals surface area (Å²) in [6.07, 6.45) is 5.60. The van der Waals surface area contributed by atoms with Crippen molar-refractivity contribution >= 4 is 29.2 Å². The van der Waals surface area contributed by atoms with Gasteiger partial charge in [-0.15, -0.1) is 11.6 Å². The minimum atomic E-state index is -0.492. The van der Waals surface area contributed by atoms with Crippen LogP contribution >= 0.6 is 11.6 Å². The largest absolute Gasteiger partial charge is 0.455 e. The van der Waals surface area contributed by atoms with Gasteiger partial charge >= 0.3 is 5.97 Å². The molecule has 4 aliphatic rings. The fourth-order valence-electron chi connectivity index (χ4n) is 6.32. The lowest BCUT2D eigenvalue weighted by Crippen LogP contribution is -2.56. The molecule has 0 spiro atoms. The highest BCUT2D eigenvalue weighted by Gasteiger charge is 2.60. The van der Waals surface area contributed by atoms with E-state index in [9.17, 15) is 9.59 Å². The second-order valence-corrected chi connectivity index (χ2v) is 10.2. The van der Waals surface area contributed by atoms with E-state index in [4.69, 9.17) is 16.3 Å². The van der Waals surface area contributed by atoms with Crippen LogP contribution in [0.1, 0.15) is 38.5 Å². The van der Waals surface area contributed by atoms with Crippen LogP contribution < -0.4 is 5.32 Å². The van der Waals surface area contributed by atoms with Crippen molar-refractivity contribution < 1.29 is 14.3 Å². The van der Waals surface area contributed by atoms with Gasteiger partial charge in [0, 0.05) is 16.1 Å². The van der Waals surface area contributed by atoms with Gasteiger partial charge in [-0.3, -0.25) is 9.59 Å². The highest BCUT2D eigenvalue weighted by Crippen LogP contribution is 2.64. The molecule has 0 heterocycles. The predicted octanol–water partition coefficient (Wildman–Crippen LogP) is 5.41. The Morgan fingerprint density at radius 3 is 2.33 bits per heavy atom. The van der Waals surface area contributed by atoms with Gasteiger partial charge in [0.15, 0.2) is 6.61 Å². The molecule has 4 bridgehead atoms. The summed E-state index contributed by atoms with van der Waals surface area (Å²) in [7, 11) is 0. The van der Waals surface area contributed by atoms with Crippen LogP contribution in [0.4, 0.5) is 5.69 Å². The van der Waals surface area contributed by atoms with Crippen LogP contribution in [0, 0.1) is 17.3 Å². The van der Waals surface area contributed by atoms with Crippen molar-refractivity contribution in [2.24, 2.45) is 17.3 Å². The Balaban J connectivity index is 1.24. The molecule has 0 aromatic heterocycles. The minimum Gasteiger partial charge on any atom is -0.455 e. The summed E-state index contributed by atoms with van der Waals surface area (Å²) in [5.41, 5.74) is 2.17. The molecule has 0 aliphatic heterocycles. The zero-order valence-corrected chi connectivity index (χ0v) is 17.7. The van der Waals surface area contributed by atoms with Crippen molar-refractivity contribution in [1.29, 1.82) is 0 Å². The Hall–Kier alpha value is -2.33. The van der Waals surface area contributed by atoms with Crippen LogP contribution in [-0.2, 0) is 14.3 Å². The molecule has 4 saturated carbocycles. The van der Waals surface area contributed by atoms with Crippen molar-refractivity contribution in [3.05, 3.63) is 54.6 Å². The molecule has 2 aromatic carbocycles. The third kappa shape index (κ3) is 3.62. The number of carbonyl (C=O) groups excluding carboxylic acids is 2. The lowest BCUT2D eigenvalue weighted by Gasteiger charge is -2.58. The van der Waals surface area contributed by atoms with Crippen LogP contribution in [-0.4, -0.2) is 23.4 Å². The van der Waals surface area contributed by atoms with Gasteiger partial charge in [0.05, 0.1) is 5.41 Å². The van der Waals surface area contributed by atoms with E-state index in [-0.39, 0.29) is 23.4 Å². The standard InChI is InChI=1S/C25H26ClNO3/c26-25-13-17-10-18(14-25)12-24(11-17,16-25)23(29)30-15-22(28)27-21-9-5-4-8-20(21)19-6-2-1-3-7-19/h1-9,17-18H,10-16H2,(H,27,28)/t17-,18+,24?,25?. The number of ether oxygens (including phenoxy) is 1. The molecule has 0 radical (unpaired) electrons. The summed E-state index contributed by atoms with van der Waals surface area (Å²) in [6, 6.07) is 17.5. The van der Waals surface area contributed by atoms with E-state index in [0.29, 0.717) is 23.9 Å². The first-order valence-electron chi connectivity index (χ1n) is 10.8. The maximum atomic E-state index is 13.0. The van der Waals surface area contributed by atoms with E-state index in [1.807, 2.05) is 54.6 Å². The molecule has 2 aromatic rings. The number of halogens is 1. The number of amides is 1. The number of anilines is 1. The Morgan fingerprint density at radius 2 is 1.63 bits per heavy atom. The summed E-state index contributed by atoms with van der Waals surface area (Å²) in [5, 5.41) is 2.90. The maximum Gasteiger partial charge on any atom is 0.312 e. The fourth-order valence-corrected chi connectivity index (χ4v) is 7.01. The maximum absolute atomic E-state index is 13.0. The highest BCUT2D eigenvalue weighted by molar-refractivity contribution is 6.24. The van der Waals surface area contributed by atoms with Crippen LogP contribution in [0.5, 0.6) is 0 Å². The first-order valence-corrected chi connectivity index (χ1v) is 11.1. The number of hydrogen-bond donors (Lipinski definition) is 1. The van der Waals surface area contributed by atoms with Gasteiger partial charge in [0.2, 0.25) is 0 Å². The number of esters is 1. The van der Waals surface area contributed by atoms with E-state index in [2.05, 4.69) is 5.32 Å². The lowest BCUT2D eigenvalue weighted by molar-refractivity contribution is -0.171. The zero-order chi connectivity index (χ0) is 20.8. The summed E-state index contributed by atoms with van der Waals surface area (Å²) in [5.74, 6) is 0.468. The molecule has 2 unspecified atom stereocenters. The van der Waals surface area contributed by atoms with E-state index >= 15 is 0 Å². The van der Waals surface area contributed by atoms with Gasteiger partial charge in [0.25, 0.3) is 5.91 Å². The zero-order valence-electron chi connectivity index (χ0n) is 16.9. The monoisotopic (exact) mass is 423 g/mol. The first-order chi connectivity index (χ1) is 14.4. The molecule has 156 valence electrons. The van der Waals surface area contributed by atoms with Gasteiger partial charge < -0.3 is 10.1 Å². The summed E-state index contributed by atoms with van der Waals surface area (Å²) < 4.78 is 5.54. The molecule has 5 heteroatoms. The predicted molar refractivity (Wildman–Crippen MR) is 117 cm³/mol. The number of benzene rings is 2. The normalized spacial score (nSPS) is 31.4. The van der Waals surface area contributed by atoms with E-state index in [1.165, 1.54) is 6.42 Å². The molecule has 0 saturated heterocycles. The van der Waals surface area contributed by atoms with Crippen LogP contribution in [0.2, 0.25) is 0 Å². The molecule has 4 aliphatic carbocycles. The van der Waals surface area contributed by atoms with E-state index in [1.54, 1.807) is 0 Å². The molecule has 6 rings (SSSR count). The molecule has 4 fully saturated rings. The van der Waals surface area contributed by atoms with E-state index < -0.39 is 5.41 Å². The van der Waals surface area contributed by atoms with Gasteiger partial charge in [-0.2, -0.15) is 0 Å². The second-order valence-electron chi connectivity index (χ2n) is 9.43. The van der Waals surface area contributed by atoms with Crippen molar-refractivity contribution in [3.8, 4) is 11.1 Å². The van der Waals surface area contributed by atoms with Gasteiger partial charge in [-0.25, -0.2) is 0 Å². The molecule has 4 atom stereocenters. The van der Waals surface area contributed by atoms with Gasteiger partial charge in [-0.05, 0) is 62.0 Å². The number of rotatable bonds is 5. The molecule has 4 nitrogen and oxygen atoms in total. The number of alkyl halides is 1. The molecule has 1 amide bonds. The van der Waals surface area contributed by atoms with Crippen molar-refractivity contribution in [2.45, 2.75) is 43.4 Å². The fraction of sp³-hybridized carbons (Fsp3) is 0.440. The third-order valence-electron chi connectivity index (χ3n) is 7.04.